The molecule has 0 N–H and O–H groups in total. The van der Waals surface area contributed by atoms with Crippen molar-refractivity contribution < 1.29 is 18.0 Å². The van der Waals surface area contributed by atoms with Gasteiger partial charge in [0.05, 0.1) is 24.2 Å². The largest absolute Gasteiger partial charge is 0.433 e. The number of aryl methyl sites for hydroxylation is 1. The number of nitrogens with zero attached hydrogens (tertiary/aromatic N) is 7. The number of rotatable bonds is 3. The first-order chi connectivity index (χ1) is 15.2. The predicted molar refractivity (Wildman–Crippen MR) is 110 cm³/mol. The van der Waals surface area contributed by atoms with Crippen molar-refractivity contribution in [1.29, 1.82) is 0 Å². The average molecular weight is 447 g/mol. The fraction of sp³-hybridized carbons (Fsp3) is 0.571. The van der Waals surface area contributed by atoms with Crippen molar-refractivity contribution >= 4 is 17.5 Å². The number of hydrogen-bond acceptors (Lipinski definition) is 7. The summed E-state index contributed by atoms with van der Waals surface area (Å²) in [6.07, 6.45) is -1.92. The average Bonchev–Trinajstić information content (AvgIpc) is 3.31. The van der Waals surface area contributed by atoms with E-state index in [2.05, 4.69) is 24.8 Å². The topological polar surface area (TPSA) is 78.4 Å². The van der Waals surface area contributed by atoms with Gasteiger partial charge >= 0.3 is 6.18 Å². The lowest BCUT2D eigenvalue weighted by Crippen LogP contribution is -2.39. The standard InChI is InChI=1S/C21H24F3N7O/c1-12-18-15(27-13(2)28-19(18)29-5-3-6-29)10-31(12)20(32)14-4-7-30(9-14)17-8-16(21(22,23)24)25-11-26-17/h8,11-12,14H,3-7,9-10H2,1-2H3/t12-,14-/m1/s1. The summed E-state index contributed by atoms with van der Waals surface area (Å²) in [4.78, 5) is 35.7. The van der Waals surface area contributed by atoms with Crippen LogP contribution in [0.2, 0.25) is 0 Å². The number of carbonyl (C=O) groups excluding carboxylic acids is 1. The van der Waals surface area contributed by atoms with Crippen molar-refractivity contribution in [1.82, 2.24) is 24.8 Å². The molecule has 0 aliphatic carbocycles. The number of anilines is 2. The highest BCUT2D eigenvalue weighted by molar-refractivity contribution is 5.82. The summed E-state index contributed by atoms with van der Waals surface area (Å²) in [5.74, 6) is 1.51. The zero-order chi connectivity index (χ0) is 22.6. The second-order valence-electron chi connectivity index (χ2n) is 8.63. The Hall–Kier alpha value is -2.98. The van der Waals surface area contributed by atoms with E-state index < -0.39 is 11.9 Å². The van der Waals surface area contributed by atoms with E-state index in [-0.39, 0.29) is 23.7 Å². The van der Waals surface area contributed by atoms with Gasteiger partial charge in [-0.1, -0.05) is 0 Å². The van der Waals surface area contributed by atoms with E-state index in [0.717, 1.165) is 49.0 Å². The molecule has 3 aliphatic rings. The summed E-state index contributed by atoms with van der Waals surface area (Å²) < 4.78 is 39.0. The van der Waals surface area contributed by atoms with Crippen LogP contribution < -0.4 is 9.80 Å². The fourth-order valence-electron chi connectivity index (χ4n) is 4.74. The predicted octanol–water partition coefficient (Wildman–Crippen LogP) is 2.73. The number of fused-ring (bicyclic) bond motifs is 1. The maximum absolute atomic E-state index is 13.4. The highest BCUT2D eigenvalue weighted by Crippen LogP contribution is 2.41. The SMILES string of the molecule is Cc1nc2c(c(N3CCC3)n1)[C@@H](C)N(C(=O)[C@@H]1CCN(c3cc(C(F)(F)F)ncn3)C1)C2. The van der Waals surface area contributed by atoms with E-state index in [1.54, 1.807) is 4.90 Å². The third-order valence-corrected chi connectivity index (χ3v) is 6.56. The van der Waals surface area contributed by atoms with Gasteiger partial charge < -0.3 is 14.7 Å². The molecule has 5 heterocycles. The number of aromatic nitrogens is 4. The first kappa shape index (κ1) is 20.9. The van der Waals surface area contributed by atoms with E-state index in [4.69, 9.17) is 0 Å². The van der Waals surface area contributed by atoms with Crippen molar-refractivity contribution in [2.24, 2.45) is 5.92 Å². The van der Waals surface area contributed by atoms with Gasteiger partial charge in [-0.05, 0) is 26.7 Å². The minimum atomic E-state index is -4.53. The van der Waals surface area contributed by atoms with E-state index >= 15 is 0 Å². The first-order valence-electron chi connectivity index (χ1n) is 10.8. The van der Waals surface area contributed by atoms with Crippen molar-refractivity contribution in [2.45, 2.75) is 45.5 Å². The molecule has 0 radical (unpaired) electrons. The molecule has 0 saturated carbocycles. The summed E-state index contributed by atoms with van der Waals surface area (Å²) >= 11 is 0. The fourth-order valence-corrected chi connectivity index (χ4v) is 4.74. The lowest BCUT2D eigenvalue weighted by molar-refractivity contribution is -0.141. The van der Waals surface area contributed by atoms with Crippen LogP contribution in [0.5, 0.6) is 0 Å². The highest BCUT2D eigenvalue weighted by Gasteiger charge is 2.41. The minimum Gasteiger partial charge on any atom is -0.356 e. The minimum absolute atomic E-state index is 0.00434. The van der Waals surface area contributed by atoms with Gasteiger partial charge in [-0.25, -0.2) is 19.9 Å². The Kier molecular flexibility index (Phi) is 4.94. The van der Waals surface area contributed by atoms with Gasteiger partial charge in [-0.15, -0.1) is 0 Å². The zero-order valence-corrected chi connectivity index (χ0v) is 17.9. The monoisotopic (exact) mass is 447 g/mol. The number of alkyl halides is 3. The molecule has 11 heteroatoms. The second kappa shape index (κ2) is 7.56. The molecule has 170 valence electrons. The summed E-state index contributed by atoms with van der Waals surface area (Å²) in [5, 5.41) is 0. The van der Waals surface area contributed by atoms with Gasteiger partial charge in [0.25, 0.3) is 0 Å². The Bertz CT molecular complexity index is 1060. The zero-order valence-electron chi connectivity index (χ0n) is 17.9. The molecular formula is C21H24F3N7O. The molecule has 2 saturated heterocycles. The van der Waals surface area contributed by atoms with Crippen LogP contribution in [0.15, 0.2) is 12.4 Å². The van der Waals surface area contributed by atoms with Crippen molar-refractivity contribution in [3.05, 3.63) is 35.2 Å². The van der Waals surface area contributed by atoms with Gasteiger partial charge in [0.2, 0.25) is 5.91 Å². The molecule has 2 aromatic rings. The third kappa shape index (κ3) is 3.53. The lowest BCUT2D eigenvalue weighted by Gasteiger charge is -2.34. The summed E-state index contributed by atoms with van der Waals surface area (Å²) in [5.41, 5.74) is 0.929. The normalized spacial score (nSPS) is 22.8. The molecule has 8 nitrogen and oxygen atoms in total. The lowest BCUT2D eigenvalue weighted by atomic mass is 10.1. The van der Waals surface area contributed by atoms with Gasteiger partial charge in [-0.2, -0.15) is 13.2 Å². The maximum atomic E-state index is 13.4. The Morgan fingerprint density at radius 2 is 1.91 bits per heavy atom. The third-order valence-electron chi connectivity index (χ3n) is 6.56. The van der Waals surface area contributed by atoms with Crippen LogP contribution in [-0.4, -0.2) is 56.9 Å². The number of halogens is 3. The van der Waals surface area contributed by atoms with Crippen LogP contribution in [0.4, 0.5) is 24.8 Å². The van der Waals surface area contributed by atoms with Crippen molar-refractivity contribution in [3.63, 3.8) is 0 Å². The molecule has 2 atom stereocenters. The van der Waals surface area contributed by atoms with Crippen LogP contribution in [0.1, 0.15) is 48.6 Å². The molecule has 0 unspecified atom stereocenters. The van der Waals surface area contributed by atoms with E-state index in [1.165, 1.54) is 0 Å². The molecule has 2 fully saturated rings. The summed E-state index contributed by atoms with van der Waals surface area (Å²) in [6.45, 7) is 7.01. The molecule has 1 amide bonds. The van der Waals surface area contributed by atoms with Crippen LogP contribution in [0, 0.1) is 12.8 Å². The Labute approximate surface area is 183 Å². The summed E-state index contributed by atoms with van der Waals surface area (Å²) in [6, 6.07) is 0.803. The van der Waals surface area contributed by atoms with Gasteiger partial charge in [0.15, 0.2) is 0 Å². The highest BCUT2D eigenvalue weighted by atomic mass is 19.4. The molecule has 0 bridgehead atoms. The molecule has 2 aromatic heterocycles. The van der Waals surface area contributed by atoms with Crippen LogP contribution in [0.3, 0.4) is 0 Å². The molecule has 5 rings (SSSR count). The molecule has 0 spiro atoms. The van der Waals surface area contributed by atoms with Crippen LogP contribution >= 0.6 is 0 Å². The van der Waals surface area contributed by atoms with Crippen LogP contribution in [-0.2, 0) is 17.5 Å². The van der Waals surface area contributed by atoms with Gasteiger partial charge in [-0.3, -0.25) is 4.79 Å². The molecule has 32 heavy (non-hydrogen) atoms. The van der Waals surface area contributed by atoms with Crippen molar-refractivity contribution in [2.75, 3.05) is 36.0 Å². The van der Waals surface area contributed by atoms with E-state index in [0.29, 0.717) is 31.9 Å². The molecular weight excluding hydrogens is 423 g/mol. The maximum Gasteiger partial charge on any atom is 0.433 e. The Balaban J connectivity index is 1.32. The quantitative estimate of drug-likeness (QED) is 0.716. The van der Waals surface area contributed by atoms with Crippen LogP contribution in [0.25, 0.3) is 0 Å². The molecule has 3 aliphatic heterocycles. The molecule has 0 aromatic carbocycles. The number of carbonyl (C=O) groups is 1. The van der Waals surface area contributed by atoms with Gasteiger partial charge in [0, 0.05) is 37.8 Å². The van der Waals surface area contributed by atoms with E-state index in [9.17, 15) is 18.0 Å². The smallest absolute Gasteiger partial charge is 0.356 e. The number of amides is 1. The Morgan fingerprint density at radius 1 is 1.12 bits per heavy atom. The van der Waals surface area contributed by atoms with E-state index in [1.807, 2.05) is 18.7 Å². The van der Waals surface area contributed by atoms with Gasteiger partial charge in [0.1, 0.15) is 29.5 Å². The Morgan fingerprint density at radius 3 is 2.59 bits per heavy atom. The summed E-state index contributed by atoms with van der Waals surface area (Å²) in [7, 11) is 0. The second-order valence-corrected chi connectivity index (χ2v) is 8.63. The number of hydrogen-bond donors (Lipinski definition) is 0. The first-order valence-corrected chi connectivity index (χ1v) is 10.8. The van der Waals surface area contributed by atoms with Crippen molar-refractivity contribution in [3.8, 4) is 0 Å².